The van der Waals surface area contributed by atoms with Gasteiger partial charge in [0.05, 0.1) is 18.7 Å². The van der Waals surface area contributed by atoms with Crippen molar-refractivity contribution in [1.29, 1.82) is 0 Å². The second kappa shape index (κ2) is 8.37. The molecule has 1 aliphatic carbocycles. The molecule has 0 unspecified atom stereocenters. The quantitative estimate of drug-likeness (QED) is 0.747. The van der Waals surface area contributed by atoms with Crippen LogP contribution in [0, 0.1) is 5.92 Å². The number of carbonyl (C=O) groups excluding carboxylic acids is 1. The smallest absolute Gasteiger partial charge is 0.307 e. The fourth-order valence-electron chi connectivity index (χ4n) is 3.54. The Kier molecular flexibility index (Phi) is 5.94. The maximum atomic E-state index is 12.0. The number of rotatable bonds is 8. The molecule has 0 saturated heterocycles. The number of carboxylic acid groups (broad SMARTS) is 1. The SMILES string of the molecule is CCc1nn(Cc2ccc(NC(=O)C3CCC3)cc2)c(CC)c1CC(=O)O. The van der Waals surface area contributed by atoms with Crippen molar-refractivity contribution < 1.29 is 14.7 Å². The van der Waals surface area contributed by atoms with E-state index in [0.717, 1.165) is 60.3 Å². The molecule has 1 heterocycles. The van der Waals surface area contributed by atoms with Crippen LogP contribution in [0.15, 0.2) is 24.3 Å². The average Bonchev–Trinajstić information content (AvgIpc) is 2.90. The van der Waals surface area contributed by atoms with Gasteiger partial charge in [-0.3, -0.25) is 14.3 Å². The van der Waals surface area contributed by atoms with Crippen molar-refractivity contribution in [2.45, 2.75) is 58.9 Å². The van der Waals surface area contributed by atoms with Crippen molar-refractivity contribution in [3.05, 3.63) is 46.8 Å². The molecule has 1 aliphatic rings. The fourth-order valence-corrected chi connectivity index (χ4v) is 3.54. The summed E-state index contributed by atoms with van der Waals surface area (Å²) in [7, 11) is 0. The highest BCUT2D eigenvalue weighted by molar-refractivity contribution is 5.93. The largest absolute Gasteiger partial charge is 0.481 e. The number of nitrogens with one attached hydrogen (secondary N) is 1. The summed E-state index contributed by atoms with van der Waals surface area (Å²) in [6, 6.07) is 7.81. The first kappa shape index (κ1) is 19.1. The molecule has 6 nitrogen and oxygen atoms in total. The zero-order valence-corrected chi connectivity index (χ0v) is 16.0. The van der Waals surface area contributed by atoms with Gasteiger partial charge in [-0.25, -0.2) is 0 Å². The number of benzene rings is 1. The summed E-state index contributed by atoms with van der Waals surface area (Å²) in [6.07, 6.45) is 4.59. The van der Waals surface area contributed by atoms with Gasteiger partial charge in [-0.2, -0.15) is 5.10 Å². The van der Waals surface area contributed by atoms with Gasteiger partial charge in [-0.05, 0) is 43.4 Å². The van der Waals surface area contributed by atoms with E-state index in [-0.39, 0.29) is 18.2 Å². The van der Waals surface area contributed by atoms with Gasteiger partial charge in [-0.15, -0.1) is 0 Å². The fraction of sp³-hybridized carbons (Fsp3) is 0.476. The molecule has 0 aliphatic heterocycles. The molecule has 0 atom stereocenters. The van der Waals surface area contributed by atoms with Crippen LogP contribution in [0.3, 0.4) is 0 Å². The van der Waals surface area contributed by atoms with Crippen molar-refractivity contribution >= 4 is 17.6 Å². The highest BCUT2D eigenvalue weighted by atomic mass is 16.4. The van der Waals surface area contributed by atoms with Crippen molar-refractivity contribution in [3.8, 4) is 0 Å². The summed E-state index contributed by atoms with van der Waals surface area (Å²) >= 11 is 0. The summed E-state index contributed by atoms with van der Waals surface area (Å²) in [5.41, 5.74) is 4.57. The van der Waals surface area contributed by atoms with Crippen LogP contribution in [0.1, 0.15) is 55.6 Å². The Bertz CT molecular complexity index is 820. The van der Waals surface area contributed by atoms with Gasteiger partial charge >= 0.3 is 5.97 Å². The lowest BCUT2D eigenvalue weighted by molar-refractivity contribution is -0.136. The third-order valence-electron chi connectivity index (χ3n) is 5.28. The number of carbonyl (C=O) groups is 2. The number of aryl methyl sites for hydroxylation is 1. The Morgan fingerprint density at radius 3 is 2.41 bits per heavy atom. The lowest BCUT2D eigenvalue weighted by Crippen LogP contribution is -2.27. The summed E-state index contributed by atoms with van der Waals surface area (Å²) in [5, 5.41) is 16.8. The van der Waals surface area contributed by atoms with Gasteiger partial charge in [0, 0.05) is 22.9 Å². The van der Waals surface area contributed by atoms with E-state index in [9.17, 15) is 14.7 Å². The van der Waals surface area contributed by atoms with Crippen molar-refractivity contribution in [2.75, 3.05) is 5.32 Å². The zero-order valence-electron chi connectivity index (χ0n) is 16.0. The first-order chi connectivity index (χ1) is 13.0. The van der Waals surface area contributed by atoms with Crippen molar-refractivity contribution in [3.63, 3.8) is 0 Å². The number of hydrogen-bond donors (Lipinski definition) is 2. The van der Waals surface area contributed by atoms with E-state index >= 15 is 0 Å². The molecule has 1 aromatic heterocycles. The highest BCUT2D eigenvalue weighted by Crippen LogP contribution is 2.27. The van der Waals surface area contributed by atoms with Crippen LogP contribution in [0.4, 0.5) is 5.69 Å². The molecule has 1 amide bonds. The Morgan fingerprint density at radius 2 is 1.89 bits per heavy atom. The highest BCUT2D eigenvalue weighted by Gasteiger charge is 2.25. The minimum atomic E-state index is -0.828. The van der Waals surface area contributed by atoms with Gasteiger partial charge in [0.15, 0.2) is 0 Å². The van der Waals surface area contributed by atoms with Crippen LogP contribution < -0.4 is 5.32 Å². The molecule has 6 heteroatoms. The van der Waals surface area contributed by atoms with Crippen LogP contribution in [0.2, 0.25) is 0 Å². The number of nitrogens with zero attached hydrogens (tertiary/aromatic N) is 2. The minimum absolute atomic E-state index is 0.0124. The van der Waals surface area contributed by atoms with Crippen LogP contribution in [-0.2, 0) is 35.4 Å². The van der Waals surface area contributed by atoms with Crippen LogP contribution in [0.25, 0.3) is 0 Å². The Balaban J connectivity index is 1.73. The number of aromatic nitrogens is 2. The molecule has 27 heavy (non-hydrogen) atoms. The number of anilines is 1. The molecule has 2 aromatic rings. The predicted octanol–water partition coefficient (Wildman–Crippen LogP) is 3.42. The zero-order chi connectivity index (χ0) is 19.4. The van der Waals surface area contributed by atoms with Crippen molar-refractivity contribution in [2.24, 2.45) is 5.92 Å². The Hall–Kier alpha value is -2.63. The van der Waals surface area contributed by atoms with Gasteiger partial charge in [0.2, 0.25) is 5.91 Å². The number of hydrogen-bond acceptors (Lipinski definition) is 3. The molecule has 1 aromatic carbocycles. The van der Waals surface area contributed by atoms with E-state index in [1.165, 1.54) is 0 Å². The van der Waals surface area contributed by atoms with E-state index in [1.807, 2.05) is 42.8 Å². The molecule has 144 valence electrons. The first-order valence-electron chi connectivity index (χ1n) is 9.70. The van der Waals surface area contributed by atoms with Crippen LogP contribution >= 0.6 is 0 Å². The van der Waals surface area contributed by atoms with Crippen LogP contribution in [-0.4, -0.2) is 26.8 Å². The van der Waals surface area contributed by atoms with Gasteiger partial charge in [0.25, 0.3) is 0 Å². The summed E-state index contributed by atoms with van der Waals surface area (Å²) in [4.78, 5) is 23.2. The first-order valence-corrected chi connectivity index (χ1v) is 9.70. The maximum Gasteiger partial charge on any atom is 0.307 e. The monoisotopic (exact) mass is 369 g/mol. The average molecular weight is 369 g/mol. The third-order valence-corrected chi connectivity index (χ3v) is 5.28. The standard InChI is InChI=1S/C21H27N3O3/c1-3-18-17(12-20(25)26)19(4-2)24(23-18)13-14-8-10-16(11-9-14)22-21(27)15-6-5-7-15/h8-11,15H,3-7,12-13H2,1-2H3,(H,22,27)(H,25,26). The Morgan fingerprint density at radius 1 is 1.19 bits per heavy atom. The van der Waals surface area contributed by atoms with Gasteiger partial charge < -0.3 is 10.4 Å². The third kappa shape index (κ3) is 4.38. The lowest BCUT2D eigenvalue weighted by Gasteiger charge is -2.24. The molecular weight excluding hydrogens is 342 g/mol. The summed E-state index contributed by atoms with van der Waals surface area (Å²) < 4.78 is 1.92. The van der Waals surface area contributed by atoms with E-state index in [4.69, 9.17) is 0 Å². The molecule has 0 bridgehead atoms. The van der Waals surface area contributed by atoms with Crippen LogP contribution in [0.5, 0.6) is 0 Å². The molecular formula is C21H27N3O3. The molecule has 1 fully saturated rings. The molecule has 3 rings (SSSR count). The molecule has 1 saturated carbocycles. The van der Waals surface area contributed by atoms with E-state index in [2.05, 4.69) is 10.4 Å². The molecule has 0 radical (unpaired) electrons. The van der Waals surface area contributed by atoms with Gasteiger partial charge in [0.1, 0.15) is 0 Å². The normalized spacial score (nSPS) is 14.0. The van der Waals surface area contributed by atoms with E-state index in [0.29, 0.717) is 6.54 Å². The molecule has 0 spiro atoms. The second-order valence-corrected chi connectivity index (χ2v) is 7.12. The topological polar surface area (TPSA) is 84.2 Å². The predicted molar refractivity (Wildman–Crippen MR) is 104 cm³/mol. The lowest BCUT2D eigenvalue weighted by atomic mass is 9.85. The van der Waals surface area contributed by atoms with E-state index in [1.54, 1.807) is 0 Å². The summed E-state index contributed by atoms with van der Waals surface area (Å²) in [5.74, 6) is -0.549. The maximum absolute atomic E-state index is 12.0. The number of aliphatic carboxylic acids is 1. The van der Waals surface area contributed by atoms with E-state index < -0.39 is 5.97 Å². The molecule has 2 N–H and O–H groups in total. The van der Waals surface area contributed by atoms with Gasteiger partial charge in [-0.1, -0.05) is 32.4 Å². The summed E-state index contributed by atoms with van der Waals surface area (Å²) in [6.45, 7) is 4.61. The van der Waals surface area contributed by atoms with Crippen molar-refractivity contribution in [1.82, 2.24) is 9.78 Å². The number of amides is 1. The second-order valence-electron chi connectivity index (χ2n) is 7.12. The number of carboxylic acids is 1. The minimum Gasteiger partial charge on any atom is -0.481 e. The Labute approximate surface area is 159 Å².